The first-order chi connectivity index (χ1) is 10.3. The van der Waals surface area contributed by atoms with E-state index in [9.17, 15) is 17.6 Å². The SMILES string of the molecule is C#C.C/C=C(\C=C/CC)C(F)(F)Oc1cc(F)c(C)c(F)c1. The lowest BCUT2D eigenvalue weighted by molar-refractivity contribution is -0.139. The molecule has 5 heteroatoms. The highest BCUT2D eigenvalue weighted by atomic mass is 19.3. The average Bonchev–Trinajstić information content (AvgIpc) is 2.47. The summed E-state index contributed by atoms with van der Waals surface area (Å²) in [5.74, 6) is -2.41. The van der Waals surface area contributed by atoms with Gasteiger partial charge in [0.1, 0.15) is 17.4 Å². The van der Waals surface area contributed by atoms with Crippen LogP contribution in [0.4, 0.5) is 17.6 Å². The first-order valence-electron chi connectivity index (χ1n) is 6.51. The van der Waals surface area contributed by atoms with Gasteiger partial charge in [0.2, 0.25) is 0 Å². The van der Waals surface area contributed by atoms with Gasteiger partial charge in [-0.05, 0) is 20.3 Å². The molecule has 1 rings (SSSR count). The summed E-state index contributed by atoms with van der Waals surface area (Å²) in [6.07, 6.45) is 8.88. The van der Waals surface area contributed by atoms with Crippen molar-refractivity contribution in [1.29, 1.82) is 0 Å². The molecule has 1 aromatic carbocycles. The second kappa shape index (κ2) is 8.93. The minimum Gasteiger partial charge on any atom is -0.429 e. The van der Waals surface area contributed by atoms with Crippen LogP contribution in [0, 0.1) is 31.4 Å². The van der Waals surface area contributed by atoms with Crippen LogP contribution >= 0.6 is 0 Å². The lowest BCUT2D eigenvalue weighted by Crippen LogP contribution is -2.26. The third-order valence-electron chi connectivity index (χ3n) is 2.68. The number of alkyl halides is 2. The highest BCUT2D eigenvalue weighted by Crippen LogP contribution is 2.31. The first-order valence-corrected chi connectivity index (χ1v) is 6.51. The summed E-state index contributed by atoms with van der Waals surface area (Å²) in [4.78, 5) is 0. The van der Waals surface area contributed by atoms with Crippen molar-refractivity contribution in [2.24, 2.45) is 0 Å². The van der Waals surface area contributed by atoms with Crippen LogP contribution in [0.2, 0.25) is 0 Å². The molecule has 0 unspecified atom stereocenters. The highest BCUT2D eigenvalue weighted by Gasteiger charge is 2.35. The van der Waals surface area contributed by atoms with Gasteiger partial charge in [0.15, 0.2) is 0 Å². The van der Waals surface area contributed by atoms with E-state index in [1.165, 1.54) is 26.0 Å². The van der Waals surface area contributed by atoms with Gasteiger partial charge < -0.3 is 4.74 Å². The number of halogens is 4. The molecule has 0 bridgehead atoms. The van der Waals surface area contributed by atoms with Gasteiger partial charge in [0.05, 0.1) is 5.57 Å². The summed E-state index contributed by atoms with van der Waals surface area (Å²) in [6.45, 7) is 4.45. The van der Waals surface area contributed by atoms with Crippen molar-refractivity contribution < 1.29 is 22.3 Å². The molecular formula is C17H18F4O. The molecule has 0 aliphatic rings. The summed E-state index contributed by atoms with van der Waals surface area (Å²) < 4.78 is 58.8. The van der Waals surface area contributed by atoms with Gasteiger partial charge >= 0.3 is 6.11 Å². The Morgan fingerprint density at radius 1 is 1.23 bits per heavy atom. The molecule has 1 aromatic rings. The van der Waals surface area contributed by atoms with E-state index in [-0.39, 0.29) is 11.1 Å². The Labute approximate surface area is 128 Å². The monoisotopic (exact) mass is 314 g/mol. The summed E-state index contributed by atoms with van der Waals surface area (Å²) in [7, 11) is 0. The Hall–Kier alpha value is -2.22. The van der Waals surface area contributed by atoms with E-state index in [0.717, 1.165) is 12.1 Å². The lowest BCUT2D eigenvalue weighted by Gasteiger charge is -2.19. The van der Waals surface area contributed by atoms with E-state index in [2.05, 4.69) is 17.6 Å². The van der Waals surface area contributed by atoms with Crippen molar-refractivity contribution in [1.82, 2.24) is 0 Å². The molecule has 0 spiro atoms. The Morgan fingerprint density at radius 3 is 2.14 bits per heavy atom. The number of ether oxygens (including phenoxy) is 1. The molecule has 0 saturated heterocycles. The molecular weight excluding hydrogens is 296 g/mol. The predicted molar refractivity (Wildman–Crippen MR) is 79.7 cm³/mol. The van der Waals surface area contributed by atoms with E-state index in [1.54, 1.807) is 13.0 Å². The van der Waals surface area contributed by atoms with Crippen molar-refractivity contribution in [2.75, 3.05) is 0 Å². The number of rotatable bonds is 5. The minimum absolute atomic E-state index is 0.238. The van der Waals surface area contributed by atoms with Crippen LogP contribution in [0.25, 0.3) is 0 Å². The second-order valence-corrected chi connectivity index (χ2v) is 4.19. The number of hydrogen-bond donors (Lipinski definition) is 0. The van der Waals surface area contributed by atoms with Crippen LogP contribution in [0.5, 0.6) is 5.75 Å². The molecule has 0 amide bonds. The third-order valence-corrected chi connectivity index (χ3v) is 2.68. The van der Waals surface area contributed by atoms with Crippen LogP contribution < -0.4 is 4.74 Å². The van der Waals surface area contributed by atoms with E-state index >= 15 is 0 Å². The van der Waals surface area contributed by atoms with Gasteiger partial charge in [0.25, 0.3) is 0 Å². The molecule has 0 aromatic heterocycles. The van der Waals surface area contributed by atoms with Gasteiger partial charge in [-0.15, -0.1) is 12.8 Å². The van der Waals surface area contributed by atoms with Crippen LogP contribution in [-0.4, -0.2) is 6.11 Å². The maximum atomic E-state index is 13.9. The average molecular weight is 314 g/mol. The molecule has 22 heavy (non-hydrogen) atoms. The number of allylic oxidation sites excluding steroid dienone is 2. The molecule has 0 aliphatic heterocycles. The number of hydrogen-bond acceptors (Lipinski definition) is 1. The molecule has 0 atom stereocenters. The van der Waals surface area contributed by atoms with E-state index in [1.807, 2.05) is 0 Å². The maximum Gasteiger partial charge on any atom is 0.426 e. The Kier molecular flexibility index (Phi) is 8.03. The first kappa shape index (κ1) is 19.8. The van der Waals surface area contributed by atoms with Gasteiger partial charge in [-0.25, -0.2) is 8.78 Å². The van der Waals surface area contributed by atoms with Crippen LogP contribution in [0.1, 0.15) is 25.8 Å². The summed E-state index contributed by atoms with van der Waals surface area (Å²) >= 11 is 0. The fraction of sp³-hybridized carbons (Fsp3) is 0.294. The summed E-state index contributed by atoms with van der Waals surface area (Å²) in [6, 6.07) is 1.48. The summed E-state index contributed by atoms with van der Waals surface area (Å²) in [5, 5.41) is 0. The molecule has 0 N–H and O–H groups in total. The molecule has 120 valence electrons. The fourth-order valence-electron chi connectivity index (χ4n) is 1.49. The van der Waals surface area contributed by atoms with Crippen molar-refractivity contribution >= 4 is 0 Å². The molecule has 0 radical (unpaired) electrons. The van der Waals surface area contributed by atoms with E-state index in [0.29, 0.717) is 6.42 Å². The van der Waals surface area contributed by atoms with Crippen LogP contribution in [0.3, 0.4) is 0 Å². The predicted octanol–water partition coefficient (Wildman–Crippen LogP) is 5.41. The Balaban J connectivity index is 0.00000211. The standard InChI is InChI=1S/C15H16F4O.C2H2/c1-4-6-7-11(5-2)15(18,19)20-12-8-13(16)10(3)14(17)9-12;1-2/h5-9H,4H2,1-3H3;1-2H/b7-6-,11-5+;. The highest BCUT2D eigenvalue weighted by molar-refractivity contribution is 5.32. The largest absolute Gasteiger partial charge is 0.429 e. The van der Waals surface area contributed by atoms with Crippen LogP contribution in [0.15, 0.2) is 35.9 Å². The number of terminal acetylenes is 1. The third kappa shape index (κ3) is 5.28. The van der Waals surface area contributed by atoms with Gasteiger partial charge in [-0.3, -0.25) is 0 Å². The molecule has 0 saturated carbocycles. The van der Waals surface area contributed by atoms with Crippen molar-refractivity contribution in [3.05, 3.63) is 53.1 Å². The number of benzene rings is 1. The van der Waals surface area contributed by atoms with Crippen molar-refractivity contribution in [3.63, 3.8) is 0 Å². The second-order valence-electron chi connectivity index (χ2n) is 4.19. The normalized spacial score (nSPS) is 12.0. The quantitative estimate of drug-likeness (QED) is 0.401. The Bertz CT molecular complexity index is 548. The van der Waals surface area contributed by atoms with Gasteiger partial charge in [-0.2, -0.15) is 8.78 Å². The van der Waals surface area contributed by atoms with Crippen LogP contribution in [-0.2, 0) is 0 Å². The minimum atomic E-state index is -3.66. The van der Waals surface area contributed by atoms with Crippen molar-refractivity contribution in [2.45, 2.75) is 33.3 Å². The molecule has 0 heterocycles. The molecule has 1 nitrogen and oxygen atoms in total. The molecule has 0 fully saturated rings. The van der Waals surface area contributed by atoms with Gasteiger partial charge in [0, 0.05) is 17.7 Å². The molecule has 0 aliphatic carbocycles. The lowest BCUT2D eigenvalue weighted by atomic mass is 10.2. The zero-order chi connectivity index (χ0) is 17.3. The summed E-state index contributed by atoms with van der Waals surface area (Å²) in [5.41, 5.74) is -0.612. The Morgan fingerprint density at radius 2 is 1.73 bits per heavy atom. The fourth-order valence-corrected chi connectivity index (χ4v) is 1.49. The topological polar surface area (TPSA) is 9.23 Å². The van der Waals surface area contributed by atoms with Crippen molar-refractivity contribution in [3.8, 4) is 18.6 Å². The maximum absolute atomic E-state index is 13.9. The van der Waals surface area contributed by atoms with E-state index < -0.39 is 23.5 Å². The smallest absolute Gasteiger partial charge is 0.426 e. The van der Waals surface area contributed by atoms with Gasteiger partial charge in [-0.1, -0.05) is 25.2 Å². The van der Waals surface area contributed by atoms with E-state index in [4.69, 9.17) is 0 Å². The zero-order valence-electron chi connectivity index (χ0n) is 12.7. The zero-order valence-corrected chi connectivity index (χ0v) is 12.7.